The zero-order valence-corrected chi connectivity index (χ0v) is 15.1. The standard InChI is InChI=1S/C10H11NO3.C10H9NO2/c1-2-11-9(12)7-5-3-4-6-8(7)10(13)14;1-2-11-9(12)7-5-3-4-6-8(7)10(11)13/h3-6H,2H2,1H3,(H,11,12)(H,13,14);3-6H,2H2,1H3. The lowest BCUT2D eigenvalue weighted by molar-refractivity contribution is 0.0658. The van der Waals surface area contributed by atoms with Gasteiger partial charge in [-0.1, -0.05) is 24.3 Å². The predicted molar refractivity (Wildman–Crippen MR) is 98.9 cm³/mol. The fourth-order valence-electron chi connectivity index (χ4n) is 2.65. The van der Waals surface area contributed by atoms with E-state index in [0.717, 1.165) is 0 Å². The number of nitrogens with one attached hydrogen (secondary N) is 1. The van der Waals surface area contributed by atoms with E-state index in [0.29, 0.717) is 24.2 Å². The Balaban J connectivity index is 0.000000194. The van der Waals surface area contributed by atoms with Gasteiger partial charge in [0.25, 0.3) is 17.7 Å². The number of rotatable bonds is 4. The van der Waals surface area contributed by atoms with Gasteiger partial charge in [0.1, 0.15) is 0 Å². The lowest BCUT2D eigenvalue weighted by Gasteiger charge is -2.08. The van der Waals surface area contributed by atoms with E-state index in [1.807, 2.05) is 0 Å². The molecule has 1 heterocycles. The predicted octanol–water partition coefficient (Wildman–Crippen LogP) is 2.44. The second-order valence-electron chi connectivity index (χ2n) is 5.61. The van der Waals surface area contributed by atoms with Gasteiger partial charge in [0, 0.05) is 13.1 Å². The number of aromatic carboxylic acids is 1. The van der Waals surface area contributed by atoms with Crippen molar-refractivity contribution < 1.29 is 24.3 Å². The number of fused-ring (bicyclic) bond motifs is 1. The van der Waals surface area contributed by atoms with Crippen LogP contribution in [0, 0.1) is 0 Å². The van der Waals surface area contributed by atoms with Crippen LogP contribution < -0.4 is 5.32 Å². The molecule has 27 heavy (non-hydrogen) atoms. The molecule has 0 saturated carbocycles. The number of carboxylic acid groups (broad SMARTS) is 1. The zero-order valence-electron chi connectivity index (χ0n) is 15.1. The number of carboxylic acids is 1. The molecule has 0 fully saturated rings. The van der Waals surface area contributed by atoms with Crippen LogP contribution in [0.3, 0.4) is 0 Å². The number of benzene rings is 2. The van der Waals surface area contributed by atoms with Crippen LogP contribution in [-0.4, -0.2) is 46.8 Å². The molecule has 7 nitrogen and oxygen atoms in total. The van der Waals surface area contributed by atoms with Gasteiger partial charge in [-0.05, 0) is 38.1 Å². The van der Waals surface area contributed by atoms with Crippen LogP contribution in [0.2, 0.25) is 0 Å². The Kier molecular flexibility index (Phi) is 6.43. The van der Waals surface area contributed by atoms with E-state index < -0.39 is 5.97 Å². The van der Waals surface area contributed by atoms with Crippen LogP contribution in [0.1, 0.15) is 55.3 Å². The summed E-state index contributed by atoms with van der Waals surface area (Å²) in [7, 11) is 0. The van der Waals surface area contributed by atoms with Crippen LogP contribution in [-0.2, 0) is 0 Å². The molecule has 0 unspecified atom stereocenters. The van der Waals surface area contributed by atoms with Crippen molar-refractivity contribution in [3.8, 4) is 0 Å². The molecule has 2 N–H and O–H groups in total. The van der Waals surface area contributed by atoms with E-state index in [9.17, 15) is 19.2 Å². The first-order valence-electron chi connectivity index (χ1n) is 8.48. The quantitative estimate of drug-likeness (QED) is 0.807. The molecule has 3 amide bonds. The third-order valence-corrected chi connectivity index (χ3v) is 3.93. The number of carbonyl (C=O) groups excluding carboxylic acids is 3. The van der Waals surface area contributed by atoms with Crippen molar-refractivity contribution in [2.75, 3.05) is 13.1 Å². The second-order valence-corrected chi connectivity index (χ2v) is 5.61. The van der Waals surface area contributed by atoms with Crippen molar-refractivity contribution in [1.82, 2.24) is 10.2 Å². The largest absolute Gasteiger partial charge is 0.478 e. The number of nitrogens with zero attached hydrogens (tertiary/aromatic N) is 1. The highest BCUT2D eigenvalue weighted by Crippen LogP contribution is 2.21. The van der Waals surface area contributed by atoms with Crippen LogP contribution in [0.4, 0.5) is 0 Å². The Hall–Kier alpha value is -3.48. The summed E-state index contributed by atoms with van der Waals surface area (Å²) < 4.78 is 0. The Bertz CT molecular complexity index is 856. The average Bonchev–Trinajstić information content (AvgIpc) is 2.93. The zero-order chi connectivity index (χ0) is 20.0. The maximum absolute atomic E-state index is 11.5. The number of amides is 3. The van der Waals surface area contributed by atoms with Crippen LogP contribution in [0.25, 0.3) is 0 Å². The molecule has 1 aliphatic rings. The van der Waals surface area contributed by atoms with Crippen LogP contribution in [0.5, 0.6) is 0 Å². The molecule has 0 aliphatic carbocycles. The van der Waals surface area contributed by atoms with Crippen molar-refractivity contribution in [3.05, 3.63) is 70.8 Å². The Morgan fingerprint density at radius 2 is 1.37 bits per heavy atom. The topological polar surface area (TPSA) is 104 Å². The molecular weight excluding hydrogens is 348 g/mol. The molecule has 0 saturated heterocycles. The summed E-state index contributed by atoms with van der Waals surface area (Å²) in [6.45, 7) is 4.49. The fraction of sp³-hybridized carbons (Fsp3) is 0.200. The van der Waals surface area contributed by atoms with Gasteiger partial charge in [-0.2, -0.15) is 0 Å². The molecule has 0 bridgehead atoms. The summed E-state index contributed by atoms with van der Waals surface area (Å²) in [5.74, 6) is -1.80. The summed E-state index contributed by atoms with van der Waals surface area (Å²) in [5, 5.41) is 11.4. The lowest BCUT2D eigenvalue weighted by Crippen LogP contribution is -2.29. The molecule has 3 rings (SSSR count). The SMILES string of the molecule is CCN1C(=O)c2ccccc2C1=O.CCNC(=O)c1ccccc1C(=O)O. The van der Waals surface area contributed by atoms with Crippen LogP contribution >= 0.6 is 0 Å². The highest BCUT2D eigenvalue weighted by Gasteiger charge is 2.33. The number of carbonyl (C=O) groups is 4. The first-order valence-corrected chi connectivity index (χ1v) is 8.48. The molecular formula is C20H20N2O5. The van der Waals surface area contributed by atoms with Crippen molar-refractivity contribution >= 4 is 23.7 Å². The monoisotopic (exact) mass is 368 g/mol. The van der Waals surface area contributed by atoms with E-state index in [2.05, 4.69) is 5.32 Å². The lowest BCUT2D eigenvalue weighted by atomic mass is 10.1. The summed E-state index contributed by atoms with van der Waals surface area (Å²) >= 11 is 0. The van der Waals surface area contributed by atoms with Crippen molar-refractivity contribution in [2.45, 2.75) is 13.8 Å². The molecule has 0 aromatic heterocycles. The highest BCUT2D eigenvalue weighted by molar-refractivity contribution is 6.21. The van der Waals surface area contributed by atoms with Gasteiger partial charge in [0.05, 0.1) is 22.3 Å². The summed E-state index contributed by atoms with van der Waals surface area (Å²) in [6.07, 6.45) is 0. The van der Waals surface area contributed by atoms with E-state index >= 15 is 0 Å². The van der Waals surface area contributed by atoms with Gasteiger partial charge in [0.2, 0.25) is 0 Å². The molecule has 0 radical (unpaired) electrons. The van der Waals surface area contributed by atoms with E-state index in [-0.39, 0.29) is 28.8 Å². The molecule has 2 aromatic carbocycles. The second kappa shape index (κ2) is 8.75. The number of hydrogen-bond donors (Lipinski definition) is 2. The van der Waals surface area contributed by atoms with Crippen LogP contribution in [0.15, 0.2) is 48.5 Å². The maximum atomic E-state index is 11.5. The molecule has 140 valence electrons. The Labute approximate surface area is 156 Å². The minimum Gasteiger partial charge on any atom is -0.478 e. The maximum Gasteiger partial charge on any atom is 0.336 e. The van der Waals surface area contributed by atoms with Gasteiger partial charge >= 0.3 is 5.97 Å². The first kappa shape index (κ1) is 19.8. The fourth-order valence-corrected chi connectivity index (χ4v) is 2.65. The number of imide groups is 1. The van der Waals surface area contributed by atoms with E-state index in [4.69, 9.17) is 5.11 Å². The minimum absolute atomic E-state index is 0.0263. The van der Waals surface area contributed by atoms with Gasteiger partial charge in [-0.15, -0.1) is 0 Å². The Morgan fingerprint density at radius 3 is 1.81 bits per heavy atom. The van der Waals surface area contributed by atoms with Crippen molar-refractivity contribution in [2.24, 2.45) is 0 Å². The Morgan fingerprint density at radius 1 is 0.889 bits per heavy atom. The summed E-state index contributed by atoms with van der Waals surface area (Å²) in [4.78, 5) is 46.5. The molecule has 2 aromatic rings. The smallest absolute Gasteiger partial charge is 0.336 e. The highest BCUT2D eigenvalue weighted by atomic mass is 16.4. The molecule has 7 heteroatoms. The molecule has 0 spiro atoms. The van der Waals surface area contributed by atoms with Crippen molar-refractivity contribution in [3.63, 3.8) is 0 Å². The van der Waals surface area contributed by atoms with E-state index in [1.165, 1.54) is 17.0 Å². The molecule has 1 aliphatic heterocycles. The first-order chi connectivity index (χ1) is 12.9. The van der Waals surface area contributed by atoms with Crippen molar-refractivity contribution in [1.29, 1.82) is 0 Å². The molecule has 0 atom stereocenters. The summed E-state index contributed by atoms with van der Waals surface area (Å²) in [5.41, 5.74) is 1.27. The van der Waals surface area contributed by atoms with Gasteiger partial charge < -0.3 is 10.4 Å². The van der Waals surface area contributed by atoms with E-state index in [1.54, 1.807) is 50.2 Å². The third kappa shape index (κ3) is 4.20. The minimum atomic E-state index is -1.09. The normalized spacial score (nSPS) is 12.1. The summed E-state index contributed by atoms with van der Waals surface area (Å²) in [6, 6.07) is 13.0. The van der Waals surface area contributed by atoms with Gasteiger partial charge in [-0.25, -0.2) is 4.79 Å². The number of hydrogen-bond acceptors (Lipinski definition) is 4. The average molecular weight is 368 g/mol. The van der Waals surface area contributed by atoms with Gasteiger partial charge in [0.15, 0.2) is 0 Å². The third-order valence-electron chi connectivity index (χ3n) is 3.93. The van der Waals surface area contributed by atoms with Gasteiger partial charge in [-0.3, -0.25) is 19.3 Å².